The molecule has 78 heavy (non-hydrogen) atoms. The van der Waals surface area contributed by atoms with Crippen LogP contribution >= 0.6 is 58.0 Å². The lowest BCUT2D eigenvalue weighted by atomic mass is 10.1. The summed E-state index contributed by atoms with van der Waals surface area (Å²) in [7, 11) is 4.98. The van der Waals surface area contributed by atoms with Crippen molar-refractivity contribution in [2.75, 3.05) is 64.0 Å². The molecule has 0 spiro atoms. The number of aromatic nitrogens is 9. The van der Waals surface area contributed by atoms with Crippen molar-refractivity contribution in [1.82, 2.24) is 50.1 Å². The number of carboxylic acid groups (broad SMARTS) is 1. The van der Waals surface area contributed by atoms with Crippen LogP contribution in [0.4, 0.5) is 29.2 Å². The number of morpholine rings is 1. The highest BCUT2D eigenvalue weighted by atomic mass is 35.5. The molecular formula is C45H43Cl5F4N12O12. The Labute approximate surface area is 464 Å². The number of aryl methyl sites for hydroxylation is 4. The summed E-state index contributed by atoms with van der Waals surface area (Å²) in [5, 5.41) is 18.9. The first-order valence-corrected chi connectivity index (χ1v) is 23.9. The van der Waals surface area contributed by atoms with Gasteiger partial charge in [-0.05, 0) is 58.5 Å². The molecule has 0 aliphatic carbocycles. The maximum absolute atomic E-state index is 13.2. The average Bonchev–Trinajstić information content (AvgIpc) is 4.12. The van der Waals surface area contributed by atoms with Crippen molar-refractivity contribution in [3.05, 3.63) is 98.4 Å². The Kier molecular flexibility index (Phi) is 21.9. The van der Waals surface area contributed by atoms with Gasteiger partial charge in [0.15, 0.2) is 28.8 Å². The van der Waals surface area contributed by atoms with Gasteiger partial charge in [0.2, 0.25) is 5.28 Å². The number of halogens is 9. The molecular weight excluding hydrogens is 1150 g/mol. The average molecular weight is 1200 g/mol. The number of methoxy groups -OCH3 is 2. The van der Waals surface area contributed by atoms with Gasteiger partial charge in [-0.25, -0.2) is 14.8 Å². The van der Waals surface area contributed by atoms with E-state index in [2.05, 4.69) is 85.9 Å². The zero-order valence-electron chi connectivity index (χ0n) is 41.5. The first-order chi connectivity index (χ1) is 36.9. The van der Waals surface area contributed by atoms with Crippen molar-refractivity contribution >= 4 is 81.5 Å². The zero-order valence-corrected chi connectivity index (χ0v) is 45.3. The smallest absolute Gasteiger partial charge is 0.477 e. The van der Waals surface area contributed by atoms with E-state index in [4.69, 9.17) is 87.6 Å². The van der Waals surface area contributed by atoms with Crippen LogP contribution in [-0.4, -0.2) is 133 Å². The quantitative estimate of drug-likeness (QED) is 0.0987. The normalized spacial score (nSPS) is 13.9. The molecule has 1 amide bonds. The van der Waals surface area contributed by atoms with Crippen LogP contribution < -0.4 is 39.5 Å². The summed E-state index contributed by atoms with van der Waals surface area (Å²) < 4.78 is 93.7. The fourth-order valence-corrected chi connectivity index (χ4v) is 6.92. The Morgan fingerprint density at radius 2 is 1.13 bits per heavy atom. The lowest BCUT2D eigenvalue weighted by molar-refractivity contribution is -0.287. The van der Waals surface area contributed by atoms with Crippen LogP contribution in [0.2, 0.25) is 15.3 Å². The molecule has 8 heterocycles. The van der Waals surface area contributed by atoms with Crippen molar-refractivity contribution in [3.8, 4) is 57.5 Å². The summed E-state index contributed by atoms with van der Waals surface area (Å²) >= 11 is 27.1. The lowest BCUT2D eigenvalue weighted by Crippen LogP contribution is -2.32. The van der Waals surface area contributed by atoms with E-state index in [0.29, 0.717) is 51.0 Å². The summed E-state index contributed by atoms with van der Waals surface area (Å²) in [6.45, 7) is 10.5. The van der Waals surface area contributed by atoms with Gasteiger partial charge in [-0.2, -0.15) is 9.97 Å². The number of carbonyl (C=O) groups is 2. The molecule has 4 N–H and O–H groups in total. The van der Waals surface area contributed by atoms with E-state index < -0.39 is 24.5 Å². The van der Waals surface area contributed by atoms with Crippen LogP contribution in [0.25, 0.3) is 22.5 Å². The van der Waals surface area contributed by atoms with Crippen molar-refractivity contribution in [1.29, 1.82) is 0 Å². The molecule has 10 rings (SSSR count). The van der Waals surface area contributed by atoms with Crippen molar-refractivity contribution < 1.29 is 74.5 Å². The Hall–Kier alpha value is -7.34. The molecule has 1 saturated heterocycles. The summed E-state index contributed by atoms with van der Waals surface area (Å²) in [6, 6.07) is 5.33. The van der Waals surface area contributed by atoms with Crippen LogP contribution in [0.15, 0.2) is 58.1 Å². The predicted molar refractivity (Wildman–Crippen MR) is 271 cm³/mol. The zero-order chi connectivity index (χ0) is 57.5. The number of carboxylic acids is 1. The Morgan fingerprint density at radius 3 is 1.47 bits per heavy atom. The van der Waals surface area contributed by atoms with E-state index >= 15 is 0 Å². The second-order valence-electron chi connectivity index (χ2n) is 15.3. The number of nitrogens with two attached hydrogens (primary N) is 1. The minimum Gasteiger partial charge on any atom is -0.477 e. The first kappa shape index (κ1) is 61.5. The van der Waals surface area contributed by atoms with Gasteiger partial charge in [0.05, 0.1) is 90.4 Å². The summed E-state index contributed by atoms with van der Waals surface area (Å²) in [4.78, 5) is 52.1. The number of nitrogen functional groups attached to an aromatic ring is 1. The van der Waals surface area contributed by atoms with Crippen LogP contribution in [0, 0.1) is 27.7 Å². The maximum atomic E-state index is 13.2. The Morgan fingerprint density at radius 1 is 0.692 bits per heavy atom. The molecule has 2 aromatic carbocycles. The minimum atomic E-state index is -3.75. The summed E-state index contributed by atoms with van der Waals surface area (Å²) in [5.41, 5.74) is 8.16. The van der Waals surface area contributed by atoms with Gasteiger partial charge in [0.1, 0.15) is 28.5 Å². The Bertz CT molecular complexity index is 3100. The van der Waals surface area contributed by atoms with Gasteiger partial charge in [-0.3, -0.25) is 14.8 Å². The number of aromatic carboxylic acids is 1. The molecule has 3 aliphatic heterocycles. The van der Waals surface area contributed by atoms with Gasteiger partial charge in [0, 0.05) is 36.3 Å². The van der Waals surface area contributed by atoms with Crippen LogP contribution in [0.5, 0.6) is 35.0 Å². The molecule has 5 aromatic heterocycles. The number of fused-ring (bicyclic) bond motifs is 2. The maximum Gasteiger partial charge on any atom is 0.586 e. The van der Waals surface area contributed by atoms with Crippen LogP contribution in [0.3, 0.4) is 0 Å². The molecule has 0 unspecified atom stereocenters. The highest BCUT2D eigenvalue weighted by Gasteiger charge is 2.45. The second-order valence-corrected chi connectivity index (χ2v) is 17.2. The molecule has 418 valence electrons. The fraction of sp³-hybridized carbons (Fsp3) is 0.311. The van der Waals surface area contributed by atoms with E-state index in [-0.39, 0.29) is 72.9 Å². The molecule has 24 nitrogen and oxygen atoms in total. The number of nitrogens with one attached hydrogen (secondary N) is 1. The number of hydrogen-bond acceptors (Lipinski definition) is 22. The SMILES string of the molecule is CN1CCOCC1.COc1nc(Cl)nc(OC)n1.Cc1noc(C)c1C(=O)Nc1cnc(-c2cc3c(cc2Cl)OC(F)(F)O3)cn1.Cc1noc(C)c1C(=O)O.ClCCl.Nc1cnc(-c2cc3c(cc2Cl)OC(F)(F)O3)cn1. The van der Waals surface area contributed by atoms with Crippen molar-refractivity contribution in [3.63, 3.8) is 0 Å². The van der Waals surface area contributed by atoms with Crippen molar-refractivity contribution in [2.45, 2.75) is 40.3 Å². The number of rotatable bonds is 7. The van der Waals surface area contributed by atoms with Gasteiger partial charge < -0.3 is 63.3 Å². The first-order valence-electron chi connectivity index (χ1n) is 21.7. The monoisotopic (exact) mass is 1190 g/mol. The van der Waals surface area contributed by atoms with Gasteiger partial charge in [-0.15, -0.1) is 45.7 Å². The van der Waals surface area contributed by atoms with E-state index in [0.717, 1.165) is 26.3 Å². The number of anilines is 2. The summed E-state index contributed by atoms with van der Waals surface area (Å²) in [6.07, 6.45) is -2.06. The third-order valence-corrected chi connectivity index (χ3v) is 10.6. The Balaban J connectivity index is 0.000000193. The molecule has 7 aromatic rings. The molecule has 33 heteroatoms. The topological polar surface area (TPSA) is 303 Å². The number of nitrogens with zero attached hydrogens (tertiary/aromatic N) is 10. The fourth-order valence-electron chi connectivity index (χ4n) is 6.27. The third kappa shape index (κ3) is 17.3. The number of carbonyl (C=O) groups excluding carboxylic acids is 1. The molecule has 0 saturated carbocycles. The standard InChI is InChI=1S/C17H11ClF2N4O4.C11H6ClF2N3O2.C6H7NO3.C5H6ClN3O2.C5H11NO.CH2Cl2/c1-7-15(8(2)28-24-7)16(25)23-14-6-21-11(5-22-14)9-3-12-13(4-10(9)18)27-17(19,20)26-12;12-6-2-9-8(18-11(13,14)19-9)1-5(6)7-3-17-10(15)4-16-7;1-3-5(6(8)9)4(2)10-7-3;1-10-4-7-3(6)8-5(9-4)11-2;1-6-2-4-7-5-3-6;2-1-3/h3-6H,1-2H3,(H,22,23,25);1-4H,(H2,15,17);1-2H3,(H,8,9);1-2H3;2-5H2,1H3;1H2. The predicted octanol–water partition coefficient (Wildman–Crippen LogP) is 9.58. The molecule has 3 aliphatic rings. The van der Waals surface area contributed by atoms with Gasteiger partial charge >= 0.3 is 30.6 Å². The number of benzene rings is 2. The van der Waals surface area contributed by atoms with Crippen LogP contribution in [0.1, 0.15) is 43.6 Å². The lowest BCUT2D eigenvalue weighted by Gasteiger charge is -2.21. The highest BCUT2D eigenvalue weighted by Crippen LogP contribution is 2.47. The number of ether oxygens (including phenoxy) is 7. The largest absolute Gasteiger partial charge is 0.586 e. The number of likely N-dealkylation sites (N-methyl/N-ethyl adjacent to an activating group) is 1. The molecule has 1 fully saturated rings. The number of hydrogen-bond donors (Lipinski definition) is 3. The third-order valence-electron chi connectivity index (χ3n) is 9.77. The molecule has 0 atom stereocenters. The van der Waals surface area contributed by atoms with E-state index in [1.165, 1.54) is 63.3 Å². The van der Waals surface area contributed by atoms with E-state index in [1.807, 2.05) is 0 Å². The highest BCUT2D eigenvalue weighted by molar-refractivity contribution is 6.40. The molecule has 0 radical (unpaired) electrons. The second kappa shape index (κ2) is 27.8. The summed E-state index contributed by atoms with van der Waals surface area (Å²) in [5.74, 6) is -0.849. The number of alkyl halides is 6. The van der Waals surface area contributed by atoms with Gasteiger partial charge in [-0.1, -0.05) is 33.5 Å². The van der Waals surface area contributed by atoms with E-state index in [9.17, 15) is 27.2 Å². The van der Waals surface area contributed by atoms with Crippen LogP contribution in [-0.2, 0) is 4.74 Å². The minimum absolute atomic E-state index is 0.0497. The van der Waals surface area contributed by atoms with Gasteiger partial charge in [0.25, 0.3) is 5.91 Å². The molecule has 0 bridgehead atoms. The van der Waals surface area contributed by atoms with E-state index in [1.54, 1.807) is 27.7 Å². The van der Waals surface area contributed by atoms with Crippen molar-refractivity contribution in [2.24, 2.45) is 0 Å². The number of amides is 1.